The molecule has 104 valence electrons. The smallest absolute Gasteiger partial charge is 0.104 e. The highest BCUT2D eigenvalue weighted by Crippen LogP contribution is 2.34. The van der Waals surface area contributed by atoms with Gasteiger partial charge in [0.1, 0.15) is 4.99 Å². The Morgan fingerprint density at radius 3 is 2.25 bits per heavy atom. The second-order valence-corrected chi connectivity index (χ2v) is 6.34. The number of hydrogen-bond acceptors (Lipinski definition) is 2. The van der Waals surface area contributed by atoms with Gasteiger partial charge in [-0.15, -0.1) is 0 Å². The summed E-state index contributed by atoms with van der Waals surface area (Å²) in [6.07, 6.45) is 0. The van der Waals surface area contributed by atoms with E-state index in [1.807, 2.05) is 6.07 Å². The van der Waals surface area contributed by atoms with Gasteiger partial charge >= 0.3 is 0 Å². The first-order valence-electron chi connectivity index (χ1n) is 7.14. The van der Waals surface area contributed by atoms with Crippen LogP contribution >= 0.6 is 12.2 Å². The van der Waals surface area contributed by atoms with Crippen molar-refractivity contribution in [2.45, 2.75) is 13.8 Å². The molecule has 0 aliphatic carbocycles. The molecule has 1 aliphatic heterocycles. The average molecular weight is 284 g/mol. The summed E-state index contributed by atoms with van der Waals surface area (Å²) in [7, 11) is 0. The number of rotatable bonds is 2. The van der Waals surface area contributed by atoms with Crippen LogP contribution in [-0.2, 0) is 0 Å². The summed E-state index contributed by atoms with van der Waals surface area (Å²) in [5, 5.41) is 2.41. The summed E-state index contributed by atoms with van der Waals surface area (Å²) in [5.41, 5.74) is 8.12. The van der Waals surface area contributed by atoms with E-state index in [4.69, 9.17) is 18.0 Å². The molecule has 2 unspecified atom stereocenters. The Morgan fingerprint density at radius 2 is 1.65 bits per heavy atom. The lowest BCUT2D eigenvalue weighted by Gasteiger charge is -2.21. The van der Waals surface area contributed by atoms with Gasteiger partial charge in [0.25, 0.3) is 0 Å². The second-order valence-electron chi connectivity index (χ2n) is 5.90. The van der Waals surface area contributed by atoms with Crippen LogP contribution in [0.2, 0.25) is 0 Å². The van der Waals surface area contributed by atoms with E-state index in [9.17, 15) is 0 Å². The number of thiocarbonyl (C=S) groups is 1. The van der Waals surface area contributed by atoms with E-state index in [2.05, 4.69) is 49.1 Å². The Bertz CT molecular complexity index is 655. The van der Waals surface area contributed by atoms with Crippen molar-refractivity contribution in [2.24, 2.45) is 17.6 Å². The molecule has 1 saturated heterocycles. The zero-order chi connectivity index (χ0) is 14.3. The largest absolute Gasteiger partial charge is 0.389 e. The Balaban J connectivity index is 2.14. The minimum atomic E-state index is 0.468. The lowest BCUT2D eigenvalue weighted by molar-refractivity contribution is 0.494. The first kappa shape index (κ1) is 13.4. The van der Waals surface area contributed by atoms with Crippen molar-refractivity contribution in [3.63, 3.8) is 0 Å². The number of fused-ring (bicyclic) bond motifs is 1. The van der Waals surface area contributed by atoms with Crippen molar-refractivity contribution in [1.29, 1.82) is 0 Å². The van der Waals surface area contributed by atoms with Gasteiger partial charge in [-0.25, -0.2) is 0 Å². The first-order chi connectivity index (χ1) is 9.58. The lowest BCUT2D eigenvalue weighted by Crippen LogP contribution is -2.20. The Kier molecular flexibility index (Phi) is 3.38. The average Bonchev–Trinajstić information content (AvgIpc) is 2.77. The van der Waals surface area contributed by atoms with Crippen molar-refractivity contribution >= 4 is 33.7 Å². The summed E-state index contributed by atoms with van der Waals surface area (Å²) in [5.74, 6) is 1.48. The van der Waals surface area contributed by atoms with Crippen LogP contribution in [0.1, 0.15) is 19.4 Å². The zero-order valence-electron chi connectivity index (χ0n) is 12.0. The van der Waals surface area contributed by atoms with E-state index >= 15 is 0 Å². The summed E-state index contributed by atoms with van der Waals surface area (Å²) >= 11 is 5.17. The number of nitrogens with zero attached hydrogens (tertiary/aromatic N) is 1. The number of benzene rings is 2. The van der Waals surface area contributed by atoms with Crippen LogP contribution in [0.5, 0.6) is 0 Å². The van der Waals surface area contributed by atoms with Gasteiger partial charge in [-0.2, -0.15) is 0 Å². The maximum Gasteiger partial charge on any atom is 0.104 e. The topological polar surface area (TPSA) is 29.3 Å². The molecule has 2 aromatic rings. The second kappa shape index (κ2) is 5.06. The van der Waals surface area contributed by atoms with Crippen LogP contribution in [0.3, 0.4) is 0 Å². The molecule has 1 heterocycles. The van der Waals surface area contributed by atoms with Crippen LogP contribution in [0.15, 0.2) is 36.4 Å². The van der Waals surface area contributed by atoms with Gasteiger partial charge in [0.2, 0.25) is 0 Å². The SMILES string of the molecule is CC1CN(c2ccc(C(N)=S)c3ccccc23)CC1C. The maximum atomic E-state index is 5.85. The molecule has 3 heteroatoms. The zero-order valence-corrected chi connectivity index (χ0v) is 12.8. The number of nitrogens with two attached hydrogens (primary N) is 1. The van der Waals surface area contributed by atoms with Crippen LogP contribution in [0, 0.1) is 11.8 Å². The van der Waals surface area contributed by atoms with E-state index in [-0.39, 0.29) is 0 Å². The van der Waals surface area contributed by atoms with Crippen LogP contribution in [0.25, 0.3) is 10.8 Å². The minimum Gasteiger partial charge on any atom is -0.389 e. The molecular formula is C17H20N2S. The molecule has 2 aromatic carbocycles. The highest BCUT2D eigenvalue weighted by atomic mass is 32.1. The highest BCUT2D eigenvalue weighted by molar-refractivity contribution is 7.80. The Labute approximate surface area is 125 Å². The molecule has 3 rings (SSSR count). The van der Waals surface area contributed by atoms with E-state index in [1.165, 1.54) is 11.1 Å². The van der Waals surface area contributed by atoms with Gasteiger partial charge in [-0.1, -0.05) is 50.3 Å². The van der Waals surface area contributed by atoms with Gasteiger partial charge in [0, 0.05) is 29.7 Å². The minimum absolute atomic E-state index is 0.468. The third kappa shape index (κ3) is 2.16. The van der Waals surface area contributed by atoms with Gasteiger partial charge in [0.15, 0.2) is 0 Å². The van der Waals surface area contributed by atoms with E-state index in [0.717, 1.165) is 35.9 Å². The molecule has 1 aliphatic rings. The van der Waals surface area contributed by atoms with E-state index in [0.29, 0.717) is 4.99 Å². The molecule has 20 heavy (non-hydrogen) atoms. The molecule has 0 amide bonds. The van der Waals surface area contributed by atoms with E-state index < -0.39 is 0 Å². The van der Waals surface area contributed by atoms with Crippen LogP contribution in [-0.4, -0.2) is 18.1 Å². The molecule has 1 fully saturated rings. The van der Waals surface area contributed by atoms with Crippen molar-refractivity contribution < 1.29 is 0 Å². The fraction of sp³-hybridized carbons (Fsp3) is 0.353. The molecule has 0 aromatic heterocycles. The van der Waals surface area contributed by atoms with Gasteiger partial charge < -0.3 is 10.6 Å². The van der Waals surface area contributed by atoms with Crippen molar-refractivity contribution in [2.75, 3.05) is 18.0 Å². The fourth-order valence-corrected chi connectivity index (χ4v) is 3.28. The quantitative estimate of drug-likeness (QED) is 0.855. The molecule has 2 atom stereocenters. The standard InChI is InChI=1S/C17H20N2S/c1-11-9-19(10-12(11)2)16-8-7-15(17(18)20)13-5-3-4-6-14(13)16/h3-8,11-12H,9-10H2,1-2H3,(H2,18,20). The molecule has 0 radical (unpaired) electrons. The van der Waals surface area contributed by atoms with Gasteiger partial charge in [0.05, 0.1) is 0 Å². The maximum absolute atomic E-state index is 5.85. The van der Waals surface area contributed by atoms with Crippen LogP contribution in [0.4, 0.5) is 5.69 Å². The normalized spacial score (nSPS) is 22.4. The molecule has 0 saturated carbocycles. The molecule has 2 N–H and O–H groups in total. The third-order valence-electron chi connectivity index (χ3n) is 4.50. The molecule has 0 spiro atoms. The monoisotopic (exact) mass is 284 g/mol. The van der Waals surface area contributed by atoms with Gasteiger partial charge in [-0.3, -0.25) is 0 Å². The lowest BCUT2D eigenvalue weighted by atomic mass is 10.0. The summed E-state index contributed by atoms with van der Waals surface area (Å²) < 4.78 is 0. The summed E-state index contributed by atoms with van der Waals surface area (Å²) in [6, 6.07) is 12.6. The van der Waals surface area contributed by atoms with Crippen molar-refractivity contribution in [3.8, 4) is 0 Å². The summed E-state index contributed by atoms with van der Waals surface area (Å²) in [6.45, 7) is 6.90. The fourth-order valence-electron chi connectivity index (χ4n) is 3.10. The summed E-state index contributed by atoms with van der Waals surface area (Å²) in [4.78, 5) is 2.96. The van der Waals surface area contributed by atoms with E-state index in [1.54, 1.807) is 0 Å². The van der Waals surface area contributed by atoms with Crippen LogP contribution < -0.4 is 10.6 Å². The Hall–Kier alpha value is -1.61. The number of hydrogen-bond donors (Lipinski definition) is 1. The molecule has 0 bridgehead atoms. The first-order valence-corrected chi connectivity index (χ1v) is 7.55. The highest BCUT2D eigenvalue weighted by Gasteiger charge is 2.27. The molecule has 2 nitrogen and oxygen atoms in total. The third-order valence-corrected chi connectivity index (χ3v) is 4.72. The predicted octanol–water partition coefficient (Wildman–Crippen LogP) is 3.57. The Morgan fingerprint density at radius 1 is 1.05 bits per heavy atom. The number of anilines is 1. The van der Waals surface area contributed by atoms with Crippen molar-refractivity contribution in [3.05, 3.63) is 42.0 Å². The predicted molar refractivity (Wildman–Crippen MR) is 90.4 cm³/mol. The van der Waals surface area contributed by atoms with Crippen molar-refractivity contribution in [1.82, 2.24) is 0 Å². The van der Waals surface area contributed by atoms with Gasteiger partial charge in [-0.05, 0) is 29.4 Å². The molecular weight excluding hydrogens is 264 g/mol.